The summed E-state index contributed by atoms with van der Waals surface area (Å²) in [6.07, 6.45) is 4.65. The number of likely N-dealkylation sites (tertiary alicyclic amines) is 1. The van der Waals surface area contributed by atoms with Gasteiger partial charge in [-0.3, -0.25) is 14.4 Å². The van der Waals surface area contributed by atoms with Crippen LogP contribution < -0.4 is 10.6 Å². The Bertz CT molecular complexity index is 854. The second-order valence-corrected chi connectivity index (χ2v) is 9.09. The van der Waals surface area contributed by atoms with Crippen molar-refractivity contribution in [3.8, 4) is 0 Å². The molecule has 0 unspecified atom stereocenters. The minimum Gasteiger partial charge on any atom is -0.394 e. The van der Waals surface area contributed by atoms with E-state index < -0.39 is 29.8 Å². The van der Waals surface area contributed by atoms with Gasteiger partial charge in [0, 0.05) is 19.5 Å². The molecule has 2 aliphatic rings. The molecule has 7 heteroatoms. The zero-order chi connectivity index (χ0) is 23.4. The van der Waals surface area contributed by atoms with E-state index in [9.17, 15) is 19.5 Å². The van der Waals surface area contributed by atoms with Crippen LogP contribution in [0.5, 0.6) is 0 Å². The van der Waals surface area contributed by atoms with Crippen LogP contribution in [0.4, 0.5) is 0 Å². The van der Waals surface area contributed by atoms with E-state index in [0.717, 1.165) is 12.0 Å². The van der Waals surface area contributed by atoms with Gasteiger partial charge in [0.2, 0.25) is 17.7 Å². The Balaban J connectivity index is 1.98. The Morgan fingerprint density at radius 2 is 1.81 bits per heavy atom. The number of hydrogen-bond donors (Lipinski definition) is 3. The fourth-order valence-corrected chi connectivity index (χ4v) is 5.23. The Hall–Kier alpha value is -2.67. The Morgan fingerprint density at radius 3 is 2.38 bits per heavy atom. The predicted octanol–water partition coefficient (Wildman–Crippen LogP) is 1.72. The van der Waals surface area contributed by atoms with Crippen molar-refractivity contribution in [3.05, 3.63) is 48.0 Å². The van der Waals surface area contributed by atoms with Crippen molar-refractivity contribution in [1.82, 2.24) is 15.5 Å². The second-order valence-electron chi connectivity index (χ2n) is 9.09. The van der Waals surface area contributed by atoms with Crippen LogP contribution in [0, 0.1) is 29.6 Å². The highest BCUT2D eigenvalue weighted by molar-refractivity contribution is 5.97. The van der Waals surface area contributed by atoms with E-state index in [1.165, 1.54) is 0 Å². The Labute approximate surface area is 190 Å². The van der Waals surface area contributed by atoms with Crippen LogP contribution in [0.15, 0.2) is 42.5 Å². The molecule has 174 valence electrons. The lowest BCUT2D eigenvalue weighted by Crippen LogP contribution is -2.53. The molecule has 1 heterocycles. The molecule has 6 atom stereocenters. The van der Waals surface area contributed by atoms with Crippen molar-refractivity contribution in [3.63, 3.8) is 0 Å². The number of benzene rings is 1. The molecule has 1 saturated heterocycles. The van der Waals surface area contributed by atoms with Gasteiger partial charge < -0.3 is 20.6 Å². The molecule has 7 nitrogen and oxygen atoms in total. The molecule has 0 aromatic heterocycles. The summed E-state index contributed by atoms with van der Waals surface area (Å²) in [4.78, 5) is 41.6. The maximum atomic E-state index is 13.7. The summed E-state index contributed by atoms with van der Waals surface area (Å²) >= 11 is 0. The van der Waals surface area contributed by atoms with Crippen molar-refractivity contribution in [2.75, 3.05) is 13.7 Å². The topological polar surface area (TPSA) is 98.7 Å². The van der Waals surface area contributed by atoms with Crippen molar-refractivity contribution in [1.29, 1.82) is 0 Å². The summed E-state index contributed by atoms with van der Waals surface area (Å²) in [6.45, 7) is 5.96. The molecule has 0 radical (unpaired) electrons. The van der Waals surface area contributed by atoms with Gasteiger partial charge in [-0.15, -0.1) is 0 Å². The number of carbonyl (C=O) groups is 3. The van der Waals surface area contributed by atoms with Crippen LogP contribution in [-0.4, -0.2) is 53.5 Å². The van der Waals surface area contributed by atoms with Gasteiger partial charge in [0.25, 0.3) is 0 Å². The van der Waals surface area contributed by atoms with Crippen molar-refractivity contribution < 1.29 is 19.5 Å². The molecule has 3 amide bonds. The van der Waals surface area contributed by atoms with E-state index in [0.29, 0.717) is 6.54 Å². The number of rotatable bonds is 8. The minimum atomic E-state index is -0.767. The molecule has 1 aromatic carbocycles. The number of aliphatic hydroxyl groups is 1. The van der Waals surface area contributed by atoms with Gasteiger partial charge in [-0.25, -0.2) is 0 Å². The summed E-state index contributed by atoms with van der Waals surface area (Å²) in [5.74, 6) is -2.35. The molecule has 32 heavy (non-hydrogen) atoms. The SMILES string of the molecule is CC[C@@H]1C=C[C@H]2[C@@H](C(=O)N([C@@H](CO)C(C)C)[C@@H]2C(=O)NCc2ccccc2)[C@@H]1C(=O)NC. The van der Waals surface area contributed by atoms with Gasteiger partial charge in [-0.05, 0) is 23.8 Å². The zero-order valence-electron chi connectivity index (χ0n) is 19.3. The predicted molar refractivity (Wildman–Crippen MR) is 122 cm³/mol. The van der Waals surface area contributed by atoms with E-state index in [1.54, 1.807) is 11.9 Å². The van der Waals surface area contributed by atoms with Gasteiger partial charge in [0.15, 0.2) is 0 Å². The fourth-order valence-electron chi connectivity index (χ4n) is 5.23. The number of nitrogens with zero attached hydrogens (tertiary/aromatic N) is 1. The van der Waals surface area contributed by atoms with Crippen molar-refractivity contribution >= 4 is 17.7 Å². The van der Waals surface area contributed by atoms with Gasteiger partial charge >= 0.3 is 0 Å². The largest absolute Gasteiger partial charge is 0.394 e. The second kappa shape index (κ2) is 10.3. The summed E-state index contributed by atoms with van der Waals surface area (Å²) in [5.41, 5.74) is 0.962. The van der Waals surface area contributed by atoms with Gasteiger partial charge in [0.1, 0.15) is 6.04 Å². The first kappa shape index (κ1) is 24.0. The third-order valence-corrected chi connectivity index (χ3v) is 6.96. The monoisotopic (exact) mass is 441 g/mol. The molecule has 1 aliphatic heterocycles. The standard InChI is InChI=1S/C25H35N3O4/c1-5-17-11-12-18-21(20(17)23(30)26-4)25(32)28(19(14-29)15(2)3)22(18)24(31)27-13-16-9-7-6-8-10-16/h6-12,15,17-22,29H,5,13-14H2,1-4H3,(H,26,30)(H,27,31)/t17-,18+,19+,20-,21-,22+/m1/s1. The van der Waals surface area contributed by atoms with Crippen LogP contribution >= 0.6 is 0 Å². The average Bonchev–Trinajstić information content (AvgIpc) is 3.09. The quantitative estimate of drug-likeness (QED) is 0.535. The molecule has 1 aromatic rings. The first-order valence-electron chi connectivity index (χ1n) is 11.5. The van der Waals surface area contributed by atoms with E-state index >= 15 is 0 Å². The maximum absolute atomic E-state index is 13.7. The number of aliphatic hydroxyl groups excluding tert-OH is 1. The number of nitrogens with one attached hydrogen (secondary N) is 2. The van der Waals surface area contributed by atoms with E-state index in [2.05, 4.69) is 10.6 Å². The van der Waals surface area contributed by atoms with E-state index in [-0.39, 0.29) is 36.2 Å². The van der Waals surface area contributed by atoms with E-state index in [1.807, 2.05) is 63.3 Å². The summed E-state index contributed by atoms with van der Waals surface area (Å²) in [7, 11) is 1.58. The summed E-state index contributed by atoms with van der Waals surface area (Å²) in [5, 5.41) is 15.8. The number of hydrogen-bond acceptors (Lipinski definition) is 4. The molecule has 1 fully saturated rings. The Morgan fingerprint density at radius 1 is 1.12 bits per heavy atom. The number of amides is 3. The first-order chi connectivity index (χ1) is 15.3. The van der Waals surface area contributed by atoms with Crippen LogP contribution in [0.1, 0.15) is 32.8 Å². The summed E-state index contributed by atoms with van der Waals surface area (Å²) in [6, 6.07) is 8.32. The molecule has 0 bridgehead atoms. The molecular formula is C25H35N3O4. The van der Waals surface area contributed by atoms with Crippen LogP contribution in [0.25, 0.3) is 0 Å². The Kier molecular flexibility index (Phi) is 7.72. The number of fused-ring (bicyclic) bond motifs is 1. The lowest BCUT2D eigenvalue weighted by atomic mass is 9.69. The normalized spacial score (nSPS) is 27.9. The molecule has 0 saturated carbocycles. The highest BCUT2D eigenvalue weighted by Gasteiger charge is 2.58. The lowest BCUT2D eigenvalue weighted by Gasteiger charge is -2.35. The molecule has 0 spiro atoms. The number of allylic oxidation sites excluding steroid dienone is 1. The fraction of sp³-hybridized carbons (Fsp3) is 0.560. The van der Waals surface area contributed by atoms with Crippen LogP contribution in [-0.2, 0) is 20.9 Å². The zero-order valence-corrected chi connectivity index (χ0v) is 19.3. The minimum absolute atomic E-state index is 0.0436. The highest BCUT2D eigenvalue weighted by atomic mass is 16.3. The highest BCUT2D eigenvalue weighted by Crippen LogP contribution is 2.46. The van der Waals surface area contributed by atoms with E-state index in [4.69, 9.17) is 0 Å². The first-order valence-corrected chi connectivity index (χ1v) is 11.5. The lowest BCUT2D eigenvalue weighted by molar-refractivity contribution is -0.144. The van der Waals surface area contributed by atoms with Crippen molar-refractivity contribution in [2.45, 2.75) is 45.8 Å². The third kappa shape index (κ3) is 4.44. The van der Waals surface area contributed by atoms with Crippen LogP contribution in [0.3, 0.4) is 0 Å². The smallest absolute Gasteiger partial charge is 0.243 e. The van der Waals surface area contributed by atoms with Gasteiger partial charge in [0.05, 0.1) is 24.5 Å². The molecule has 1 aliphatic carbocycles. The third-order valence-electron chi connectivity index (χ3n) is 6.96. The summed E-state index contributed by atoms with van der Waals surface area (Å²) < 4.78 is 0. The van der Waals surface area contributed by atoms with Crippen LogP contribution in [0.2, 0.25) is 0 Å². The molecular weight excluding hydrogens is 406 g/mol. The average molecular weight is 442 g/mol. The maximum Gasteiger partial charge on any atom is 0.243 e. The molecule has 3 rings (SSSR count). The number of carbonyl (C=O) groups excluding carboxylic acids is 3. The van der Waals surface area contributed by atoms with Crippen molar-refractivity contribution in [2.24, 2.45) is 29.6 Å². The van der Waals surface area contributed by atoms with Gasteiger partial charge in [-0.2, -0.15) is 0 Å². The molecule has 3 N–H and O–H groups in total. The van der Waals surface area contributed by atoms with Gasteiger partial charge in [-0.1, -0.05) is 63.3 Å².